The molecule has 1 atom stereocenters. The maximum atomic E-state index is 13.5. The van der Waals surface area contributed by atoms with Crippen LogP contribution in [-0.4, -0.2) is 90.4 Å². The number of ether oxygens (including phenoxy) is 1. The van der Waals surface area contributed by atoms with E-state index in [0.717, 1.165) is 75.4 Å². The number of imide groups is 1. The third-order valence-electron chi connectivity index (χ3n) is 13.1. The summed E-state index contributed by atoms with van der Waals surface area (Å²) >= 11 is 6.26. The highest BCUT2D eigenvalue weighted by atomic mass is 35.5. The van der Waals surface area contributed by atoms with Crippen LogP contribution in [0.5, 0.6) is 5.75 Å². The second-order valence-corrected chi connectivity index (χ2v) is 18.1. The summed E-state index contributed by atoms with van der Waals surface area (Å²) in [5.41, 5.74) is 2.21. The number of aromatic nitrogens is 2. The lowest BCUT2D eigenvalue weighted by atomic mass is 9.49. The maximum Gasteiger partial charge on any atom is 0.275 e. The zero-order valence-corrected chi connectivity index (χ0v) is 34.8. The van der Waals surface area contributed by atoms with Gasteiger partial charge in [0.05, 0.1) is 22.2 Å². The van der Waals surface area contributed by atoms with Crippen molar-refractivity contribution in [3.63, 3.8) is 0 Å². The van der Waals surface area contributed by atoms with Crippen molar-refractivity contribution in [1.29, 1.82) is 5.26 Å². The van der Waals surface area contributed by atoms with Crippen LogP contribution in [0.25, 0.3) is 10.8 Å². The van der Waals surface area contributed by atoms with Gasteiger partial charge in [-0.05, 0) is 79.8 Å². The minimum atomic E-state index is -0.781. The monoisotopic (exact) mass is 818 g/mol. The van der Waals surface area contributed by atoms with Gasteiger partial charge in [0.25, 0.3) is 17.4 Å². The number of benzene rings is 3. The Bertz CT molecular complexity index is 2360. The molecule has 1 aliphatic carbocycles. The maximum absolute atomic E-state index is 13.5. The van der Waals surface area contributed by atoms with Gasteiger partial charge in [-0.15, -0.1) is 0 Å². The van der Waals surface area contributed by atoms with Crippen molar-refractivity contribution in [2.24, 2.45) is 16.7 Å². The number of nitriles is 1. The average molecular weight is 819 g/mol. The summed E-state index contributed by atoms with van der Waals surface area (Å²) in [5.74, 6) is 0.311. The van der Waals surface area contributed by atoms with Gasteiger partial charge < -0.3 is 19.9 Å². The van der Waals surface area contributed by atoms with Gasteiger partial charge in [-0.3, -0.25) is 29.4 Å². The van der Waals surface area contributed by atoms with Gasteiger partial charge in [0.1, 0.15) is 24.0 Å². The number of fused-ring (bicyclic) bond motifs is 1. The molecule has 3 aromatic carbocycles. The van der Waals surface area contributed by atoms with Crippen molar-refractivity contribution < 1.29 is 19.1 Å². The Morgan fingerprint density at radius 1 is 0.898 bits per heavy atom. The molecule has 8 rings (SSSR count). The van der Waals surface area contributed by atoms with Gasteiger partial charge in [0.2, 0.25) is 5.91 Å². The minimum absolute atomic E-state index is 0.102. The summed E-state index contributed by atoms with van der Waals surface area (Å²) in [7, 11) is 0. The Balaban J connectivity index is 0.792. The predicted molar refractivity (Wildman–Crippen MR) is 227 cm³/mol. The van der Waals surface area contributed by atoms with E-state index in [1.165, 1.54) is 4.68 Å². The molecular weight excluding hydrogens is 768 g/mol. The van der Waals surface area contributed by atoms with E-state index in [1.807, 2.05) is 30.3 Å². The molecule has 0 radical (unpaired) electrons. The second-order valence-electron chi connectivity index (χ2n) is 17.7. The van der Waals surface area contributed by atoms with E-state index in [9.17, 15) is 24.4 Å². The zero-order valence-electron chi connectivity index (χ0n) is 34.0. The number of halogens is 1. The number of piperidine rings is 2. The molecule has 3 aliphatic heterocycles. The lowest BCUT2D eigenvalue weighted by Crippen LogP contribution is -2.74. The molecule has 308 valence electrons. The molecule has 3 saturated heterocycles. The van der Waals surface area contributed by atoms with Crippen molar-refractivity contribution in [2.75, 3.05) is 55.6 Å². The summed E-state index contributed by atoms with van der Waals surface area (Å²) in [6.07, 6.45) is 4.14. The van der Waals surface area contributed by atoms with Crippen molar-refractivity contribution in [2.45, 2.75) is 71.6 Å². The first-order chi connectivity index (χ1) is 28.2. The Morgan fingerprint density at radius 2 is 1.58 bits per heavy atom. The first-order valence-corrected chi connectivity index (χ1v) is 21.0. The number of hydrogen-bond acceptors (Lipinski definition) is 10. The third-order valence-corrected chi connectivity index (χ3v) is 13.4. The van der Waals surface area contributed by atoms with Gasteiger partial charge in [-0.1, -0.05) is 39.3 Å². The summed E-state index contributed by atoms with van der Waals surface area (Å²) in [5, 5.41) is 20.7. The van der Waals surface area contributed by atoms with Crippen molar-refractivity contribution in [3.05, 3.63) is 93.4 Å². The lowest BCUT2D eigenvalue weighted by molar-refractivity contribution is -0.164. The molecule has 3 amide bonds. The summed E-state index contributed by atoms with van der Waals surface area (Å²) in [6.45, 7) is 15.1. The smallest absolute Gasteiger partial charge is 0.275 e. The molecule has 14 heteroatoms. The molecule has 0 spiro atoms. The summed E-state index contributed by atoms with van der Waals surface area (Å²) in [6, 6.07) is 20.0. The molecule has 13 nitrogen and oxygen atoms in total. The Morgan fingerprint density at radius 3 is 2.24 bits per heavy atom. The second kappa shape index (κ2) is 16.0. The molecule has 1 aromatic heterocycles. The highest BCUT2D eigenvalue weighted by Crippen LogP contribution is 2.55. The Kier molecular flexibility index (Phi) is 10.9. The fourth-order valence-electron chi connectivity index (χ4n) is 10.0. The van der Waals surface area contributed by atoms with Crippen LogP contribution in [0.1, 0.15) is 75.3 Å². The summed E-state index contributed by atoms with van der Waals surface area (Å²) in [4.78, 5) is 58.0. The van der Waals surface area contributed by atoms with Gasteiger partial charge in [-0.25, -0.2) is 4.68 Å². The molecule has 4 aliphatic rings. The molecule has 4 fully saturated rings. The number of anilines is 2. The standard InChI is InChI=1S/C45H51ClN8O5/c1-44(2)42(45(3,4)43(44)59-34-11-7-30(25-47)36(46)24-34)50-39(56)29-5-8-32(9-6-29)52-17-15-28(16-18-52)27-51-19-21-53(22-20-51)33-10-12-35-31(23-33)26-48-54(41(35)58)37-13-14-38(55)49-40(37)57/h5-12,23-24,26,28,37,42-43H,13-22,27H2,1-4H3,(H,50,56)(H,49,55,57)/t37-,42-,43-/m1/s1. The van der Waals surface area contributed by atoms with Crippen LogP contribution in [-0.2, 0) is 9.59 Å². The molecular formula is C45H51ClN8O5. The SMILES string of the molecule is CC1(C)[C@H](NC(=O)c2ccc(N3CCC(CN4CCN(c5ccc6c(=O)n([C@@H]7CCC(=O)NC7=O)ncc6c5)CC4)CC3)cc2)C(C)(C)[C@H]1Oc1ccc(C#N)c(Cl)c1. The summed E-state index contributed by atoms with van der Waals surface area (Å²) < 4.78 is 7.59. The number of carbonyl (C=O) groups is 3. The molecule has 4 aromatic rings. The van der Waals surface area contributed by atoms with Crippen LogP contribution >= 0.6 is 11.6 Å². The van der Waals surface area contributed by atoms with Crippen molar-refractivity contribution in [3.8, 4) is 11.8 Å². The van der Waals surface area contributed by atoms with Crippen LogP contribution in [0.15, 0.2) is 71.7 Å². The molecule has 0 bridgehead atoms. The molecule has 0 unspecified atom stereocenters. The average Bonchev–Trinajstić information content (AvgIpc) is 3.22. The van der Waals surface area contributed by atoms with E-state index in [0.29, 0.717) is 33.2 Å². The zero-order chi connectivity index (χ0) is 41.6. The molecule has 2 N–H and O–H groups in total. The normalized spacial score (nSPS) is 23.3. The van der Waals surface area contributed by atoms with E-state index < -0.39 is 11.9 Å². The number of hydrogen-bond donors (Lipinski definition) is 2. The number of amides is 3. The number of carbonyl (C=O) groups excluding carboxylic acids is 3. The third kappa shape index (κ3) is 7.88. The topological polar surface area (TPSA) is 153 Å². The first-order valence-electron chi connectivity index (χ1n) is 20.6. The quantitative estimate of drug-likeness (QED) is 0.206. The number of nitrogens with zero attached hydrogens (tertiary/aromatic N) is 6. The molecule has 1 saturated carbocycles. The minimum Gasteiger partial charge on any atom is -0.489 e. The van der Waals surface area contributed by atoms with Crippen LogP contribution in [0.2, 0.25) is 5.02 Å². The predicted octanol–water partition coefficient (Wildman–Crippen LogP) is 5.55. The highest BCUT2D eigenvalue weighted by Gasteiger charge is 2.64. The molecule has 59 heavy (non-hydrogen) atoms. The fourth-order valence-corrected chi connectivity index (χ4v) is 10.3. The Labute approximate surface area is 349 Å². The van der Waals surface area contributed by atoms with E-state index in [1.54, 1.807) is 24.4 Å². The van der Waals surface area contributed by atoms with Crippen molar-refractivity contribution in [1.82, 2.24) is 25.3 Å². The number of piperazine rings is 1. The van der Waals surface area contributed by atoms with Crippen LogP contribution < -0.4 is 30.7 Å². The van der Waals surface area contributed by atoms with Gasteiger partial charge in [-0.2, -0.15) is 10.4 Å². The van der Waals surface area contributed by atoms with Gasteiger partial charge in [0, 0.05) is 97.5 Å². The van der Waals surface area contributed by atoms with Gasteiger partial charge in [0.15, 0.2) is 0 Å². The van der Waals surface area contributed by atoms with Crippen LogP contribution in [0, 0.1) is 28.1 Å². The van der Waals surface area contributed by atoms with Gasteiger partial charge >= 0.3 is 0 Å². The number of rotatable bonds is 9. The van der Waals surface area contributed by atoms with Crippen LogP contribution in [0.3, 0.4) is 0 Å². The number of nitrogens with one attached hydrogen (secondary N) is 2. The van der Waals surface area contributed by atoms with Crippen LogP contribution in [0.4, 0.5) is 11.4 Å². The van der Waals surface area contributed by atoms with E-state index in [2.05, 4.69) is 76.3 Å². The lowest BCUT2D eigenvalue weighted by Gasteiger charge is -2.63. The van der Waals surface area contributed by atoms with E-state index in [4.69, 9.17) is 16.3 Å². The molecule has 4 heterocycles. The highest BCUT2D eigenvalue weighted by molar-refractivity contribution is 6.31. The van der Waals surface area contributed by atoms with E-state index >= 15 is 0 Å². The largest absolute Gasteiger partial charge is 0.489 e. The van der Waals surface area contributed by atoms with E-state index in [-0.39, 0.29) is 53.2 Å². The Hall–Kier alpha value is -5.45. The van der Waals surface area contributed by atoms with Crippen molar-refractivity contribution >= 4 is 51.5 Å². The fraction of sp³-hybridized carbons (Fsp3) is 0.467. The first kappa shape index (κ1) is 40.3.